The highest BCUT2D eigenvalue weighted by Gasteiger charge is 2.23. The van der Waals surface area contributed by atoms with E-state index in [0.29, 0.717) is 24.8 Å². The number of benzene rings is 2. The molecule has 0 radical (unpaired) electrons. The lowest BCUT2D eigenvalue weighted by molar-refractivity contribution is 0.0944. The van der Waals surface area contributed by atoms with Gasteiger partial charge in [-0.15, -0.1) is 0 Å². The number of rotatable bonds is 8. The molecule has 0 aliphatic carbocycles. The second kappa shape index (κ2) is 9.59. The average Bonchev–Trinajstić information content (AvgIpc) is 3.21. The van der Waals surface area contributed by atoms with Gasteiger partial charge in [0.1, 0.15) is 23.0 Å². The van der Waals surface area contributed by atoms with Gasteiger partial charge in [0.25, 0.3) is 5.91 Å². The van der Waals surface area contributed by atoms with Crippen molar-refractivity contribution in [2.75, 3.05) is 20.3 Å². The van der Waals surface area contributed by atoms with Gasteiger partial charge in [-0.3, -0.25) is 4.79 Å². The number of nitrogens with one attached hydrogen (secondary N) is 1. The molecule has 0 saturated carbocycles. The lowest BCUT2D eigenvalue weighted by atomic mass is 9.91. The molecule has 1 atom stereocenters. The molecule has 0 unspecified atom stereocenters. The summed E-state index contributed by atoms with van der Waals surface area (Å²) in [6.45, 7) is 2.06. The van der Waals surface area contributed by atoms with Crippen LogP contribution >= 0.6 is 0 Å². The average molecular weight is 405 g/mol. The van der Waals surface area contributed by atoms with E-state index in [4.69, 9.17) is 9.47 Å². The zero-order valence-electron chi connectivity index (χ0n) is 17.2. The Morgan fingerprint density at radius 1 is 1.13 bits per heavy atom. The topological polar surface area (TPSA) is 65.4 Å². The van der Waals surface area contributed by atoms with E-state index in [0.717, 1.165) is 43.1 Å². The van der Waals surface area contributed by atoms with Crippen LogP contribution in [0.15, 0.2) is 60.8 Å². The van der Waals surface area contributed by atoms with Gasteiger partial charge in [0.05, 0.1) is 0 Å². The number of amides is 1. The van der Waals surface area contributed by atoms with E-state index in [-0.39, 0.29) is 5.91 Å². The van der Waals surface area contributed by atoms with Crippen LogP contribution in [0, 0.1) is 0 Å². The second-order valence-electron chi connectivity index (χ2n) is 7.52. The molecule has 6 nitrogen and oxygen atoms in total. The smallest absolute Gasteiger partial charge is 0.271 e. The largest absolute Gasteiger partial charge is 0.457 e. The van der Waals surface area contributed by atoms with E-state index in [9.17, 15) is 4.79 Å². The fourth-order valence-electron chi connectivity index (χ4n) is 3.77. The van der Waals surface area contributed by atoms with Gasteiger partial charge in [0.2, 0.25) is 0 Å². The Kier molecular flexibility index (Phi) is 6.44. The molecule has 2 heterocycles. The van der Waals surface area contributed by atoms with E-state index in [1.54, 1.807) is 7.11 Å². The molecule has 0 saturated heterocycles. The van der Waals surface area contributed by atoms with E-state index >= 15 is 0 Å². The van der Waals surface area contributed by atoms with Crippen LogP contribution in [0.4, 0.5) is 0 Å². The van der Waals surface area contributed by atoms with Crippen molar-refractivity contribution in [2.45, 2.75) is 31.7 Å². The maximum Gasteiger partial charge on any atom is 0.271 e. The first-order chi connectivity index (χ1) is 14.7. The highest BCUT2D eigenvalue weighted by Crippen LogP contribution is 2.31. The molecule has 1 amide bonds. The first kappa shape index (κ1) is 20.2. The summed E-state index contributed by atoms with van der Waals surface area (Å²) in [5.74, 6) is 2.93. The fourth-order valence-corrected chi connectivity index (χ4v) is 3.77. The number of aryl methyl sites for hydroxylation is 1. The third kappa shape index (κ3) is 4.89. The Bertz CT molecular complexity index is 967. The molecule has 0 spiro atoms. The molecular weight excluding hydrogens is 378 g/mol. The summed E-state index contributed by atoms with van der Waals surface area (Å²) < 4.78 is 13.0. The maximum absolute atomic E-state index is 12.3. The minimum absolute atomic E-state index is 0.119. The second-order valence-corrected chi connectivity index (χ2v) is 7.52. The summed E-state index contributed by atoms with van der Waals surface area (Å²) in [7, 11) is 1.66. The van der Waals surface area contributed by atoms with Crippen LogP contribution in [0.25, 0.3) is 0 Å². The Labute approximate surface area is 176 Å². The molecule has 4 rings (SSSR count). The maximum atomic E-state index is 12.3. The standard InChI is InChI=1S/C24H27N3O3/c1-29-15-5-14-25-24(28)22-17-27-16-19(10-13-23(27)26-22)18-8-11-21(12-9-18)30-20-6-3-2-4-7-20/h2-4,6-9,11-12,17,19H,5,10,13-16H2,1H3,(H,25,28)/t19-/m1/s1. The Morgan fingerprint density at radius 2 is 1.90 bits per heavy atom. The van der Waals surface area contributed by atoms with Crippen molar-refractivity contribution in [1.82, 2.24) is 14.9 Å². The minimum atomic E-state index is -0.119. The van der Waals surface area contributed by atoms with Gasteiger partial charge in [-0.25, -0.2) is 4.98 Å². The summed E-state index contributed by atoms with van der Waals surface area (Å²) >= 11 is 0. The molecule has 3 aromatic rings. The highest BCUT2D eigenvalue weighted by molar-refractivity contribution is 5.92. The molecule has 2 aromatic carbocycles. The van der Waals surface area contributed by atoms with Crippen molar-refractivity contribution >= 4 is 5.91 Å². The number of methoxy groups -OCH3 is 1. The van der Waals surface area contributed by atoms with Crippen molar-refractivity contribution in [2.24, 2.45) is 0 Å². The van der Waals surface area contributed by atoms with Gasteiger partial charge >= 0.3 is 0 Å². The molecule has 6 heteroatoms. The number of imidazole rings is 1. The third-order valence-electron chi connectivity index (χ3n) is 5.37. The van der Waals surface area contributed by atoms with Gasteiger partial charge < -0.3 is 19.4 Å². The normalized spacial score (nSPS) is 15.4. The van der Waals surface area contributed by atoms with E-state index in [1.165, 1.54) is 5.56 Å². The molecule has 1 N–H and O–H groups in total. The van der Waals surface area contributed by atoms with Crippen molar-refractivity contribution in [3.8, 4) is 11.5 Å². The SMILES string of the molecule is COCCCNC(=O)c1cn2c(n1)CC[C@@H](c1ccc(Oc3ccccc3)cc1)C2. The van der Waals surface area contributed by atoms with Crippen LogP contribution < -0.4 is 10.1 Å². The zero-order valence-corrected chi connectivity index (χ0v) is 17.2. The first-order valence-corrected chi connectivity index (χ1v) is 10.4. The molecule has 30 heavy (non-hydrogen) atoms. The van der Waals surface area contributed by atoms with E-state index in [2.05, 4.69) is 27.0 Å². The van der Waals surface area contributed by atoms with Gasteiger partial charge in [0.15, 0.2) is 0 Å². The number of ether oxygens (including phenoxy) is 2. The first-order valence-electron chi connectivity index (χ1n) is 10.4. The lowest BCUT2D eigenvalue weighted by Gasteiger charge is -2.24. The van der Waals surface area contributed by atoms with Crippen molar-refractivity contribution in [3.05, 3.63) is 77.9 Å². The Hall–Kier alpha value is -3.12. The predicted molar refractivity (Wildman–Crippen MR) is 115 cm³/mol. The van der Waals surface area contributed by atoms with Crippen LogP contribution in [0.5, 0.6) is 11.5 Å². The van der Waals surface area contributed by atoms with Crippen LogP contribution in [0.1, 0.15) is 40.6 Å². The summed E-state index contributed by atoms with van der Waals surface area (Å²) in [6, 6.07) is 18.1. The number of aromatic nitrogens is 2. The summed E-state index contributed by atoms with van der Waals surface area (Å²) in [5.41, 5.74) is 1.77. The predicted octanol–water partition coefficient (Wildman–Crippen LogP) is 4.17. The van der Waals surface area contributed by atoms with Crippen LogP contribution in [0.3, 0.4) is 0 Å². The van der Waals surface area contributed by atoms with Gasteiger partial charge in [-0.05, 0) is 42.7 Å². The summed E-state index contributed by atoms with van der Waals surface area (Å²) in [4.78, 5) is 16.9. The number of para-hydroxylation sites is 1. The van der Waals surface area contributed by atoms with Crippen LogP contribution in [-0.4, -0.2) is 35.7 Å². The fraction of sp³-hybridized carbons (Fsp3) is 0.333. The number of carbonyl (C=O) groups excluding carboxylic acids is 1. The number of hydrogen-bond acceptors (Lipinski definition) is 4. The molecule has 0 bridgehead atoms. The van der Waals surface area contributed by atoms with Crippen LogP contribution in [0.2, 0.25) is 0 Å². The zero-order chi connectivity index (χ0) is 20.8. The monoisotopic (exact) mass is 405 g/mol. The van der Waals surface area contributed by atoms with E-state index in [1.807, 2.05) is 48.7 Å². The summed E-state index contributed by atoms with van der Waals surface area (Å²) in [6.07, 6.45) is 4.55. The molecule has 0 fully saturated rings. The van der Waals surface area contributed by atoms with Gasteiger partial charge in [0, 0.05) is 45.3 Å². The van der Waals surface area contributed by atoms with Crippen molar-refractivity contribution < 1.29 is 14.3 Å². The van der Waals surface area contributed by atoms with Crippen LogP contribution in [-0.2, 0) is 17.7 Å². The minimum Gasteiger partial charge on any atom is -0.457 e. The Morgan fingerprint density at radius 3 is 2.67 bits per heavy atom. The number of fused-ring (bicyclic) bond motifs is 1. The Balaban J connectivity index is 1.37. The quantitative estimate of drug-likeness (QED) is 0.571. The third-order valence-corrected chi connectivity index (χ3v) is 5.37. The lowest BCUT2D eigenvalue weighted by Crippen LogP contribution is -2.25. The molecule has 1 aromatic heterocycles. The number of carbonyl (C=O) groups is 1. The van der Waals surface area contributed by atoms with Crippen molar-refractivity contribution in [1.29, 1.82) is 0 Å². The highest BCUT2D eigenvalue weighted by atomic mass is 16.5. The molecule has 156 valence electrons. The summed E-state index contributed by atoms with van der Waals surface area (Å²) in [5, 5.41) is 2.90. The molecule has 1 aliphatic heterocycles. The van der Waals surface area contributed by atoms with E-state index < -0.39 is 0 Å². The molecule has 1 aliphatic rings. The van der Waals surface area contributed by atoms with Gasteiger partial charge in [-0.1, -0.05) is 30.3 Å². The van der Waals surface area contributed by atoms with Gasteiger partial charge in [-0.2, -0.15) is 0 Å². The molecular formula is C24H27N3O3. The number of hydrogen-bond donors (Lipinski definition) is 1. The van der Waals surface area contributed by atoms with Crippen molar-refractivity contribution in [3.63, 3.8) is 0 Å². The number of nitrogens with zero attached hydrogens (tertiary/aromatic N) is 2.